The van der Waals surface area contributed by atoms with Crippen molar-refractivity contribution in [3.05, 3.63) is 89.0 Å². The fourth-order valence-corrected chi connectivity index (χ4v) is 5.62. The molecule has 1 amide bonds. The van der Waals surface area contributed by atoms with Gasteiger partial charge in [0, 0.05) is 22.3 Å². The maximum Gasteiger partial charge on any atom is 0.305 e. The third-order valence-corrected chi connectivity index (χ3v) is 7.73. The molecule has 0 aliphatic rings. The molecule has 4 nitrogen and oxygen atoms in total. The Bertz CT molecular complexity index is 1120. The van der Waals surface area contributed by atoms with Crippen molar-refractivity contribution in [2.24, 2.45) is 0 Å². The van der Waals surface area contributed by atoms with Crippen LogP contribution in [0.2, 0.25) is 0 Å². The first kappa shape index (κ1) is 27.5. The van der Waals surface area contributed by atoms with Crippen LogP contribution < -0.4 is 5.32 Å². The van der Waals surface area contributed by atoms with Gasteiger partial charge in [-0.2, -0.15) is 0 Å². The highest BCUT2D eigenvalue weighted by Gasteiger charge is 2.15. The molecule has 5 heteroatoms. The van der Waals surface area contributed by atoms with Gasteiger partial charge >= 0.3 is 5.97 Å². The molecule has 0 aromatic heterocycles. The number of amides is 1. The van der Waals surface area contributed by atoms with E-state index in [1.807, 2.05) is 36.0 Å². The predicted octanol–water partition coefficient (Wildman–Crippen LogP) is 7.98. The molecule has 0 aliphatic carbocycles. The number of carbonyl (C=O) groups excluding carboxylic acids is 1. The number of carbonyl (C=O) groups is 2. The Morgan fingerprint density at radius 3 is 2.17 bits per heavy atom. The van der Waals surface area contributed by atoms with Crippen molar-refractivity contribution in [1.82, 2.24) is 5.32 Å². The van der Waals surface area contributed by atoms with Gasteiger partial charge in [0.25, 0.3) is 5.91 Å². The third-order valence-electron chi connectivity index (χ3n) is 6.39. The number of hydrogen-bond donors (Lipinski definition) is 2. The summed E-state index contributed by atoms with van der Waals surface area (Å²) in [5.41, 5.74) is 6.89. The Morgan fingerprint density at radius 2 is 1.56 bits per heavy atom. The number of carboxylic acid groups (broad SMARTS) is 1. The van der Waals surface area contributed by atoms with Gasteiger partial charge < -0.3 is 10.4 Å². The summed E-state index contributed by atoms with van der Waals surface area (Å²) in [5.74, 6) is -1.16. The van der Waals surface area contributed by atoms with Crippen LogP contribution in [0.15, 0.2) is 71.6 Å². The molecule has 0 heterocycles. The molecule has 1 unspecified atom stereocenters. The van der Waals surface area contributed by atoms with Gasteiger partial charge in [-0.1, -0.05) is 75.1 Å². The van der Waals surface area contributed by atoms with Crippen LogP contribution in [0.5, 0.6) is 0 Å². The molecule has 0 saturated heterocycles. The van der Waals surface area contributed by atoms with Gasteiger partial charge in [-0.25, -0.2) is 0 Å². The third kappa shape index (κ3) is 7.99. The highest BCUT2D eigenvalue weighted by molar-refractivity contribution is 7.99. The smallest absolute Gasteiger partial charge is 0.305 e. The molecule has 3 rings (SSSR count). The Labute approximate surface area is 219 Å². The first-order chi connectivity index (χ1) is 17.4. The summed E-state index contributed by atoms with van der Waals surface area (Å²) in [7, 11) is 0. The quantitative estimate of drug-likeness (QED) is 0.183. The fraction of sp³-hybridized carbons (Fsp3) is 0.355. The Kier molecular flexibility index (Phi) is 10.6. The van der Waals surface area contributed by atoms with Crippen molar-refractivity contribution in [1.29, 1.82) is 0 Å². The number of aryl methyl sites for hydroxylation is 2. The number of rotatable bonds is 13. The van der Waals surface area contributed by atoms with Gasteiger partial charge in [-0.3, -0.25) is 9.59 Å². The summed E-state index contributed by atoms with van der Waals surface area (Å²) < 4.78 is 0. The van der Waals surface area contributed by atoms with Gasteiger partial charge in [0.05, 0.1) is 6.42 Å². The zero-order valence-electron chi connectivity index (χ0n) is 21.5. The molecule has 190 valence electrons. The van der Waals surface area contributed by atoms with E-state index in [0.717, 1.165) is 6.42 Å². The second-order valence-corrected chi connectivity index (χ2v) is 10.5. The molecule has 0 fully saturated rings. The normalized spacial score (nSPS) is 11.8. The van der Waals surface area contributed by atoms with Gasteiger partial charge in [-0.15, -0.1) is 11.8 Å². The van der Waals surface area contributed by atoms with E-state index in [9.17, 15) is 9.59 Å². The first-order valence-corrected chi connectivity index (χ1v) is 13.7. The molecule has 0 saturated carbocycles. The number of carboxylic acids is 1. The predicted molar refractivity (Wildman–Crippen MR) is 150 cm³/mol. The van der Waals surface area contributed by atoms with E-state index in [-0.39, 0.29) is 18.9 Å². The zero-order valence-corrected chi connectivity index (χ0v) is 22.4. The van der Waals surface area contributed by atoms with Crippen molar-refractivity contribution in [2.75, 3.05) is 6.54 Å². The second-order valence-electron chi connectivity index (χ2n) is 9.27. The lowest BCUT2D eigenvalue weighted by Crippen LogP contribution is -2.25. The van der Waals surface area contributed by atoms with Crippen LogP contribution in [0.3, 0.4) is 0 Å². The van der Waals surface area contributed by atoms with Gasteiger partial charge in [0.15, 0.2) is 0 Å². The van der Waals surface area contributed by atoms with Gasteiger partial charge in [0.2, 0.25) is 0 Å². The first-order valence-electron chi connectivity index (χ1n) is 12.8. The summed E-state index contributed by atoms with van der Waals surface area (Å²) in [6.07, 6.45) is 5.85. The van der Waals surface area contributed by atoms with Crippen LogP contribution in [0, 0.1) is 13.8 Å². The molecular formula is C31H37NO3S. The van der Waals surface area contributed by atoms with E-state index >= 15 is 0 Å². The Morgan fingerprint density at radius 1 is 0.889 bits per heavy atom. The molecule has 3 aromatic carbocycles. The molecule has 36 heavy (non-hydrogen) atoms. The van der Waals surface area contributed by atoms with Gasteiger partial charge in [0.1, 0.15) is 0 Å². The fourth-order valence-electron chi connectivity index (χ4n) is 4.42. The number of aliphatic carboxylic acids is 1. The summed E-state index contributed by atoms with van der Waals surface area (Å²) in [4.78, 5) is 24.2. The van der Waals surface area contributed by atoms with E-state index < -0.39 is 5.97 Å². The minimum Gasteiger partial charge on any atom is -0.481 e. The Hall–Kier alpha value is -3.05. The summed E-state index contributed by atoms with van der Waals surface area (Å²) in [5, 5.41) is 11.7. The minimum absolute atomic E-state index is 0.0809. The van der Waals surface area contributed by atoms with Gasteiger partial charge in [-0.05, 0) is 72.4 Å². The average molecular weight is 504 g/mol. The van der Waals surface area contributed by atoms with E-state index in [1.165, 1.54) is 58.4 Å². The minimum atomic E-state index is -0.921. The van der Waals surface area contributed by atoms with Crippen LogP contribution >= 0.6 is 11.8 Å². The number of nitrogens with one attached hydrogen (secondary N) is 1. The highest BCUT2D eigenvalue weighted by Crippen LogP contribution is 2.40. The zero-order chi connectivity index (χ0) is 25.9. The van der Waals surface area contributed by atoms with Crippen LogP contribution in [-0.2, 0) is 4.79 Å². The van der Waals surface area contributed by atoms with Crippen molar-refractivity contribution in [3.63, 3.8) is 0 Å². The largest absolute Gasteiger partial charge is 0.481 e. The molecule has 0 bridgehead atoms. The lowest BCUT2D eigenvalue weighted by Gasteiger charge is -2.18. The highest BCUT2D eigenvalue weighted by atomic mass is 32.2. The number of thioether (sulfide) groups is 1. The molecule has 0 radical (unpaired) electrons. The second kappa shape index (κ2) is 13.9. The van der Waals surface area contributed by atoms with Crippen LogP contribution in [0.4, 0.5) is 0 Å². The van der Waals surface area contributed by atoms with Crippen molar-refractivity contribution in [3.8, 4) is 11.1 Å². The molecule has 0 spiro atoms. The lowest BCUT2D eigenvalue weighted by molar-refractivity contribution is -0.136. The van der Waals surface area contributed by atoms with E-state index in [0.29, 0.717) is 10.8 Å². The van der Waals surface area contributed by atoms with Crippen LogP contribution in [0.1, 0.15) is 77.7 Å². The van der Waals surface area contributed by atoms with Crippen LogP contribution in [0.25, 0.3) is 11.1 Å². The maximum atomic E-state index is 12.3. The summed E-state index contributed by atoms with van der Waals surface area (Å²) in [6.45, 7) is 6.68. The summed E-state index contributed by atoms with van der Waals surface area (Å²) in [6, 6.07) is 23.1. The van der Waals surface area contributed by atoms with E-state index in [1.54, 1.807) is 0 Å². The topological polar surface area (TPSA) is 66.4 Å². The van der Waals surface area contributed by atoms with Crippen molar-refractivity contribution < 1.29 is 14.7 Å². The molecule has 1 atom stereocenters. The number of unbranched alkanes of at least 4 members (excludes halogenated alkanes) is 3. The van der Waals surface area contributed by atoms with E-state index in [4.69, 9.17) is 5.11 Å². The lowest BCUT2D eigenvalue weighted by atomic mass is 9.96. The number of benzene rings is 3. The number of hydrogen-bond acceptors (Lipinski definition) is 3. The molecular weight excluding hydrogens is 466 g/mol. The Balaban J connectivity index is 1.73. The monoisotopic (exact) mass is 503 g/mol. The molecule has 3 aromatic rings. The summed E-state index contributed by atoms with van der Waals surface area (Å²) >= 11 is 1.88. The standard InChI is InChI=1S/C31H37NO3S/c1-4-5-6-7-11-28(24-12-14-26(15-13-24)31(35)32-21-20-29(33)34)36-27-18-16-25(17-19-27)30-22(2)9-8-10-23(30)3/h8-10,12-19,28H,4-7,11,20-21H2,1-3H3,(H,32,35)(H,33,34). The van der Waals surface area contributed by atoms with E-state index in [2.05, 4.69) is 68.6 Å². The van der Waals surface area contributed by atoms with Crippen molar-refractivity contribution in [2.45, 2.75) is 69.4 Å². The van der Waals surface area contributed by atoms with Crippen molar-refractivity contribution >= 4 is 23.6 Å². The average Bonchev–Trinajstić information content (AvgIpc) is 2.86. The molecule has 2 N–H and O–H groups in total. The van der Waals surface area contributed by atoms with Crippen LogP contribution in [-0.4, -0.2) is 23.5 Å². The molecule has 0 aliphatic heterocycles. The maximum absolute atomic E-state index is 12.3. The SMILES string of the molecule is CCCCCCC(Sc1ccc(-c2c(C)cccc2C)cc1)c1ccc(C(=O)NCCC(=O)O)cc1.